The molecule has 108 valence electrons. The van der Waals surface area contributed by atoms with Crippen molar-refractivity contribution >= 4 is 23.5 Å². The lowest BCUT2D eigenvalue weighted by molar-refractivity contribution is -0.125. The number of allylic oxidation sites excluding steroid dienone is 2. The number of nitrogens with one attached hydrogen (secondary N) is 1. The molecule has 3 unspecified atom stereocenters. The maximum absolute atomic E-state index is 12.2. The van der Waals surface area contributed by atoms with Crippen molar-refractivity contribution in [1.29, 1.82) is 5.26 Å². The Morgan fingerprint density at radius 3 is 2.85 bits per heavy atom. The fourth-order valence-electron chi connectivity index (χ4n) is 2.88. The molecule has 1 aliphatic heterocycles. The van der Waals surface area contributed by atoms with E-state index in [-0.39, 0.29) is 34.8 Å². The molecule has 4 nitrogen and oxygen atoms in total. The van der Waals surface area contributed by atoms with E-state index in [0.717, 1.165) is 24.2 Å². The van der Waals surface area contributed by atoms with Crippen molar-refractivity contribution in [2.45, 2.75) is 44.9 Å². The summed E-state index contributed by atoms with van der Waals surface area (Å²) in [6, 6.07) is 2.32. The molecule has 1 fully saturated rings. The maximum Gasteiger partial charge on any atom is 0.224 e. The average molecular weight is 292 g/mol. The van der Waals surface area contributed by atoms with Crippen LogP contribution in [-0.2, 0) is 9.59 Å². The Morgan fingerprint density at radius 2 is 2.25 bits per heavy atom. The van der Waals surface area contributed by atoms with Crippen LogP contribution in [0.1, 0.15) is 39.5 Å². The van der Waals surface area contributed by atoms with Crippen LogP contribution in [0.5, 0.6) is 0 Å². The highest BCUT2D eigenvalue weighted by molar-refractivity contribution is 8.04. The van der Waals surface area contributed by atoms with Crippen molar-refractivity contribution in [1.82, 2.24) is 5.32 Å². The van der Waals surface area contributed by atoms with E-state index in [4.69, 9.17) is 0 Å². The smallest absolute Gasteiger partial charge is 0.224 e. The van der Waals surface area contributed by atoms with Gasteiger partial charge in [-0.1, -0.05) is 13.8 Å². The molecule has 0 aromatic rings. The minimum Gasteiger partial charge on any atom is -0.342 e. The lowest BCUT2D eigenvalue weighted by Gasteiger charge is -2.21. The van der Waals surface area contributed by atoms with Gasteiger partial charge in [0.2, 0.25) is 5.91 Å². The molecule has 0 radical (unpaired) electrons. The van der Waals surface area contributed by atoms with E-state index in [1.54, 1.807) is 6.08 Å². The highest BCUT2D eigenvalue weighted by atomic mass is 32.2. The molecule has 0 bridgehead atoms. The third-order valence-electron chi connectivity index (χ3n) is 4.18. The molecule has 1 amide bonds. The molecule has 1 saturated heterocycles. The topological polar surface area (TPSA) is 70.0 Å². The summed E-state index contributed by atoms with van der Waals surface area (Å²) in [5, 5.41) is 12.2. The van der Waals surface area contributed by atoms with E-state index < -0.39 is 0 Å². The first-order chi connectivity index (χ1) is 9.60. The standard InChI is InChI=1S/C15H20N2O2S/c1-3-9(4-2)14(19)17-15-12(8-16)11-6-5-10(18)7-13(11)20-15/h7,9,11-12,15H,3-6H2,1-2H3,(H,17,19). The van der Waals surface area contributed by atoms with E-state index in [2.05, 4.69) is 11.4 Å². The van der Waals surface area contributed by atoms with Gasteiger partial charge in [-0.3, -0.25) is 9.59 Å². The van der Waals surface area contributed by atoms with E-state index >= 15 is 0 Å². The number of carbonyl (C=O) groups excluding carboxylic acids is 2. The summed E-state index contributed by atoms with van der Waals surface area (Å²) in [4.78, 5) is 24.6. The van der Waals surface area contributed by atoms with Gasteiger partial charge >= 0.3 is 0 Å². The van der Waals surface area contributed by atoms with Crippen LogP contribution in [0.4, 0.5) is 0 Å². The highest BCUT2D eigenvalue weighted by Gasteiger charge is 2.43. The molecule has 20 heavy (non-hydrogen) atoms. The van der Waals surface area contributed by atoms with Gasteiger partial charge in [-0.05, 0) is 30.2 Å². The van der Waals surface area contributed by atoms with E-state index in [0.29, 0.717) is 6.42 Å². The number of hydrogen-bond acceptors (Lipinski definition) is 4. The Labute approximate surface area is 124 Å². The van der Waals surface area contributed by atoms with Gasteiger partial charge in [0.15, 0.2) is 5.78 Å². The lowest BCUT2D eigenvalue weighted by Crippen LogP contribution is -2.40. The van der Waals surface area contributed by atoms with Crippen LogP contribution >= 0.6 is 11.8 Å². The predicted octanol–water partition coefficient (Wildman–Crippen LogP) is 2.61. The quantitative estimate of drug-likeness (QED) is 0.864. The zero-order valence-electron chi connectivity index (χ0n) is 11.9. The van der Waals surface area contributed by atoms with Gasteiger partial charge in [-0.25, -0.2) is 0 Å². The largest absolute Gasteiger partial charge is 0.342 e. The number of rotatable bonds is 4. The second-order valence-electron chi connectivity index (χ2n) is 5.37. The first kappa shape index (κ1) is 15.1. The van der Waals surface area contributed by atoms with Crippen molar-refractivity contribution in [2.24, 2.45) is 17.8 Å². The molecule has 0 saturated carbocycles. The molecule has 2 aliphatic rings. The zero-order valence-corrected chi connectivity index (χ0v) is 12.7. The van der Waals surface area contributed by atoms with Crippen LogP contribution in [0.2, 0.25) is 0 Å². The minimum atomic E-state index is -0.224. The number of fused-ring (bicyclic) bond motifs is 1. The number of nitriles is 1. The number of hydrogen-bond donors (Lipinski definition) is 1. The normalized spacial score (nSPS) is 28.8. The predicted molar refractivity (Wildman–Crippen MR) is 78.5 cm³/mol. The Bertz CT molecular complexity index is 477. The van der Waals surface area contributed by atoms with Gasteiger partial charge in [0.05, 0.1) is 17.4 Å². The third-order valence-corrected chi connectivity index (χ3v) is 5.54. The Balaban J connectivity index is 2.10. The summed E-state index contributed by atoms with van der Waals surface area (Å²) in [5.74, 6) is 0.0614. The molecule has 3 atom stereocenters. The first-order valence-corrected chi connectivity index (χ1v) is 8.09. The van der Waals surface area contributed by atoms with Gasteiger partial charge in [-0.2, -0.15) is 5.26 Å². The van der Waals surface area contributed by atoms with Crippen molar-refractivity contribution in [2.75, 3.05) is 0 Å². The number of thioether (sulfide) groups is 1. The molecule has 5 heteroatoms. The third kappa shape index (κ3) is 2.90. The fourth-order valence-corrected chi connectivity index (χ4v) is 4.39. The summed E-state index contributed by atoms with van der Waals surface area (Å²) < 4.78 is 0. The van der Waals surface area contributed by atoms with E-state index in [1.165, 1.54) is 11.8 Å². The van der Waals surface area contributed by atoms with Gasteiger partial charge in [0.1, 0.15) is 0 Å². The maximum atomic E-state index is 12.2. The number of carbonyl (C=O) groups is 2. The lowest BCUT2D eigenvalue weighted by atomic mass is 9.84. The fraction of sp³-hybridized carbons (Fsp3) is 0.667. The first-order valence-electron chi connectivity index (χ1n) is 7.21. The summed E-state index contributed by atoms with van der Waals surface area (Å²) in [6.07, 6.45) is 4.52. The minimum absolute atomic E-state index is 0.00758. The van der Waals surface area contributed by atoms with E-state index in [1.807, 2.05) is 13.8 Å². The van der Waals surface area contributed by atoms with Crippen LogP contribution in [0, 0.1) is 29.1 Å². The van der Waals surface area contributed by atoms with Crippen molar-refractivity contribution < 1.29 is 9.59 Å². The van der Waals surface area contributed by atoms with Gasteiger partial charge in [-0.15, -0.1) is 11.8 Å². The second kappa shape index (κ2) is 6.45. The van der Waals surface area contributed by atoms with Crippen LogP contribution in [0.15, 0.2) is 11.0 Å². The molecule has 2 rings (SSSR count). The van der Waals surface area contributed by atoms with E-state index in [9.17, 15) is 14.9 Å². The van der Waals surface area contributed by atoms with Crippen molar-refractivity contribution in [3.8, 4) is 6.07 Å². The summed E-state index contributed by atoms with van der Waals surface area (Å²) in [7, 11) is 0. The van der Waals surface area contributed by atoms with Crippen LogP contribution in [0.25, 0.3) is 0 Å². The summed E-state index contributed by atoms with van der Waals surface area (Å²) in [6.45, 7) is 4.00. The van der Waals surface area contributed by atoms with Crippen molar-refractivity contribution in [3.05, 3.63) is 11.0 Å². The summed E-state index contributed by atoms with van der Waals surface area (Å²) >= 11 is 1.48. The van der Waals surface area contributed by atoms with Crippen LogP contribution in [-0.4, -0.2) is 17.1 Å². The molecule has 0 aromatic carbocycles. The van der Waals surface area contributed by atoms with Crippen LogP contribution in [0.3, 0.4) is 0 Å². The van der Waals surface area contributed by atoms with Gasteiger partial charge in [0, 0.05) is 18.3 Å². The molecular formula is C15H20N2O2S. The van der Waals surface area contributed by atoms with Crippen molar-refractivity contribution in [3.63, 3.8) is 0 Å². The SMILES string of the molecule is CCC(CC)C(=O)NC1SC2=CC(=O)CCC2C1C#N. The Hall–Kier alpha value is -1.28. The second-order valence-corrected chi connectivity index (χ2v) is 6.59. The number of amides is 1. The highest BCUT2D eigenvalue weighted by Crippen LogP contribution is 2.48. The monoisotopic (exact) mass is 292 g/mol. The summed E-state index contributed by atoms with van der Waals surface area (Å²) in [5.41, 5.74) is 0. The Kier molecular flexibility index (Phi) is 4.87. The number of nitrogens with zero attached hydrogens (tertiary/aromatic N) is 1. The molecule has 0 aromatic heterocycles. The number of ketones is 1. The molecule has 0 spiro atoms. The zero-order chi connectivity index (χ0) is 14.7. The molecule has 1 aliphatic carbocycles. The van der Waals surface area contributed by atoms with Gasteiger partial charge < -0.3 is 5.32 Å². The molecule has 1 heterocycles. The Morgan fingerprint density at radius 1 is 1.55 bits per heavy atom. The van der Waals surface area contributed by atoms with Gasteiger partial charge in [0.25, 0.3) is 0 Å². The molecular weight excluding hydrogens is 272 g/mol. The van der Waals surface area contributed by atoms with Crippen LogP contribution < -0.4 is 5.32 Å². The average Bonchev–Trinajstić information content (AvgIpc) is 2.76. The molecule has 1 N–H and O–H groups in total.